The van der Waals surface area contributed by atoms with Gasteiger partial charge in [0.25, 0.3) is 5.69 Å². The second kappa shape index (κ2) is 6.68. The molecule has 2 aliphatic rings. The van der Waals surface area contributed by atoms with Crippen molar-refractivity contribution in [1.29, 1.82) is 0 Å². The molecule has 0 saturated carbocycles. The molecule has 0 N–H and O–H groups in total. The molecule has 0 amide bonds. The molecule has 9 heteroatoms. The normalized spacial score (nSPS) is 30.5. The third-order valence-corrected chi connectivity index (χ3v) is 4.07. The average molecular weight is 353 g/mol. The topological polar surface area (TPSA) is 106 Å². The van der Waals surface area contributed by atoms with E-state index in [2.05, 4.69) is 0 Å². The highest BCUT2D eigenvalue weighted by atomic mass is 16.8. The number of rotatable bonds is 4. The van der Waals surface area contributed by atoms with Gasteiger partial charge in [0.15, 0.2) is 18.2 Å². The smallest absolute Gasteiger partial charge is 0.338 e. The van der Waals surface area contributed by atoms with E-state index in [4.69, 9.17) is 23.7 Å². The van der Waals surface area contributed by atoms with Gasteiger partial charge in [0, 0.05) is 19.2 Å². The predicted molar refractivity (Wildman–Crippen MR) is 82.9 cm³/mol. The third kappa shape index (κ3) is 3.64. The number of esters is 1. The van der Waals surface area contributed by atoms with Gasteiger partial charge in [-0.05, 0) is 26.0 Å². The third-order valence-electron chi connectivity index (χ3n) is 4.07. The van der Waals surface area contributed by atoms with E-state index in [1.54, 1.807) is 13.8 Å². The standard InChI is InChI=1S/C16H19NO8/c1-16(2)22-8-11-12(25-16)13(15(21-3)23-11)24-14(18)9-4-6-10(7-5-9)17(19)20/h4-7,11-13,15H,8H2,1-3H3/t11-,12+,13-,15-/m1/s1. The number of carbonyl (C=O) groups excluding carboxylic acids is 1. The number of ether oxygens (including phenoxy) is 5. The monoisotopic (exact) mass is 353 g/mol. The number of nitrogens with zero attached hydrogens (tertiary/aromatic N) is 1. The Kier molecular flexibility index (Phi) is 4.74. The lowest BCUT2D eigenvalue weighted by Crippen LogP contribution is -2.51. The van der Waals surface area contributed by atoms with Crippen molar-refractivity contribution in [1.82, 2.24) is 0 Å². The van der Waals surface area contributed by atoms with Crippen molar-refractivity contribution >= 4 is 11.7 Å². The van der Waals surface area contributed by atoms with Gasteiger partial charge in [0.2, 0.25) is 0 Å². The van der Waals surface area contributed by atoms with Crippen LogP contribution in [0.2, 0.25) is 0 Å². The van der Waals surface area contributed by atoms with Gasteiger partial charge in [-0.1, -0.05) is 0 Å². The van der Waals surface area contributed by atoms with E-state index in [0.29, 0.717) is 6.61 Å². The summed E-state index contributed by atoms with van der Waals surface area (Å²) in [7, 11) is 1.45. The van der Waals surface area contributed by atoms with E-state index < -0.39 is 41.3 Å². The molecular formula is C16H19NO8. The van der Waals surface area contributed by atoms with Crippen LogP contribution in [0.15, 0.2) is 24.3 Å². The lowest BCUT2D eigenvalue weighted by atomic mass is 10.1. The molecule has 2 aliphatic heterocycles. The number of carbonyl (C=O) groups is 1. The first-order valence-corrected chi connectivity index (χ1v) is 7.76. The molecule has 0 bridgehead atoms. The van der Waals surface area contributed by atoms with E-state index in [9.17, 15) is 14.9 Å². The molecule has 0 unspecified atom stereocenters. The zero-order valence-electron chi connectivity index (χ0n) is 14.0. The van der Waals surface area contributed by atoms with Crippen molar-refractivity contribution < 1.29 is 33.4 Å². The summed E-state index contributed by atoms with van der Waals surface area (Å²) in [6.45, 7) is 3.82. The lowest BCUT2D eigenvalue weighted by molar-refractivity contribution is -0.384. The summed E-state index contributed by atoms with van der Waals surface area (Å²) in [5, 5.41) is 10.7. The maximum Gasteiger partial charge on any atom is 0.338 e. The molecule has 136 valence electrons. The molecule has 2 heterocycles. The summed E-state index contributed by atoms with van der Waals surface area (Å²) < 4.78 is 27.8. The number of nitro benzene ring substituents is 1. The van der Waals surface area contributed by atoms with Crippen LogP contribution in [0, 0.1) is 10.1 Å². The number of hydrogen-bond donors (Lipinski definition) is 0. The molecule has 0 spiro atoms. The van der Waals surface area contributed by atoms with Gasteiger partial charge in [-0.15, -0.1) is 0 Å². The molecule has 0 aliphatic carbocycles. The van der Waals surface area contributed by atoms with Gasteiger partial charge < -0.3 is 23.7 Å². The summed E-state index contributed by atoms with van der Waals surface area (Å²) in [6, 6.07) is 5.16. The Bertz CT molecular complexity index is 659. The van der Waals surface area contributed by atoms with Crippen molar-refractivity contribution in [3.63, 3.8) is 0 Å². The minimum Gasteiger partial charge on any atom is -0.450 e. The largest absolute Gasteiger partial charge is 0.450 e. The van der Waals surface area contributed by atoms with Crippen LogP contribution in [0.1, 0.15) is 24.2 Å². The number of nitro groups is 1. The van der Waals surface area contributed by atoms with Gasteiger partial charge in [-0.3, -0.25) is 10.1 Å². The van der Waals surface area contributed by atoms with Crippen LogP contribution in [0.25, 0.3) is 0 Å². The molecule has 2 saturated heterocycles. The Balaban J connectivity index is 1.74. The Morgan fingerprint density at radius 3 is 2.60 bits per heavy atom. The van der Waals surface area contributed by atoms with Crippen molar-refractivity contribution in [2.45, 2.75) is 44.2 Å². The Morgan fingerprint density at radius 2 is 2.00 bits per heavy atom. The van der Waals surface area contributed by atoms with E-state index >= 15 is 0 Å². The quantitative estimate of drug-likeness (QED) is 0.457. The van der Waals surface area contributed by atoms with Crippen molar-refractivity contribution in [2.75, 3.05) is 13.7 Å². The molecule has 0 radical (unpaired) electrons. The predicted octanol–water partition coefficient (Wildman–Crippen LogP) is 1.64. The molecule has 9 nitrogen and oxygen atoms in total. The van der Waals surface area contributed by atoms with E-state index in [0.717, 1.165) is 0 Å². The van der Waals surface area contributed by atoms with Crippen LogP contribution in [-0.2, 0) is 23.7 Å². The highest BCUT2D eigenvalue weighted by Gasteiger charge is 2.53. The van der Waals surface area contributed by atoms with E-state index in [1.165, 1.54) is 31.4 Å². The minimum atomic E-state index is -0.828. The fourth-order valence-electron chi connectivity index (χ4n) is 2.84. The lowest BCUT2D eigenvalue weighted by Gasteiger charge is -2.38. The highest BCUT2D eigenvalue weighted by molar-refractivity contribution is 5.89. The summed E-state index contributed by atoms with van der Waals surface area (Å²) in [6.07, 6.45) is -2.50. The second-order valence-electron chi connectivity index (χ2n) is 6.25. The summed E-state index contributed by atoms with van der Waals surface area (Å²) in [5.41, 5.74) is 0.0836. The maximum absolute atomic E-state index is 12.4. The van der Waals surface area contributed by atoms with Gasteiger partial charge >= 0.3 is 5.97 Å². The molecule has 4 atom stereocenters. The number of benzene rings is 1. The van der Waals surface area contributed by atoms with Crippen LogP contribution >= 0.6 is 0 Å². The van der Waals surface area contributed by atoms with Crippen LogP contribution in [-0.4, -0.2) is 55.0 Å². The van der Waals surface area contributed by atoms with E-state index in [-0.39, 0.29) is 11.3 Å². The first-order valence-electron chi connectivity index (χ1n) is 7.76. The average Bonchev–Trinajstić information content (AvgIpc) is 2.91. The molecule has 1 aromatic rings. The van der Waals surface area contributed by atoms with Gasteiger partial charge in [-0.25, -0.2) is 4.79 Å². The van der Waals surface area contributed by atoms with Crippen LogP contribution < -0.4 is 0 Å². The van der Waals surface area contributed by atoms with Crippen molar-refractivity contribution in [3.8, 4) is 0 Å². The summed E-state index contributed by atoms with van der Waals surface area (Å²) in [4.78, 5) is 22.5. The molecule has 3 rings (SSSR count). The fraction of sp³-hybridized carbons (Fsp3) is 0.562. The Morgan fingerprint density at radius 1 is 1.32 bits per heavy atom. The van der Waals surface area contributed by atoms with Crippen molar-refractivity contribution in [3.05, 3.63) is 39.9 Å². The van der Waals surface area contributed by atoms with Crippen LogP contribution in [0.5, 0.6) is 0 Å². The Labute approximate surface area is 143 Å². The van der Waals surface area contributed by atoms with Crippen LogP contribution in [0.4, 0.5) is 5.69 Å². The first kappa shape index (κ1) is 17.7. The SMILES string of the molecule is CO[C@@H]1O[C@@H]2COC(C)(C)O[C@@H]2[C@H]1OC(=O)c1ccc([N+](=O)[O-])cc1. The highest BCUT2D eigenvalue weighted by Crippen LogP contribution is 2.35. The summed E-state index contributed by atoms with van der Waals surface area (Å²) in [5.74, 6) is -1.47. The molecule has 1 aromatic carbocycles. The summed E-state index contributed by atoms with van der Waals surface area (Å²) >= 11 is 0. The fourth-order valence-corrected chi connectivity index (χ4v) is 2.84. The molecular weight excluding hydrogens is 334 g/mol. The van der Waals surface area contributed by atoms with Crippen LogP contribution in [0.3, 0.4) is 0 Å². The number of non-ortho nitro benzene ring substituents is 1. The zero-order chi connectivity index (χ0) is 18.2. The van der Waals surface area contributed by atoms with Gasteiger partial charge in [-0.2, -0.15) is 0 Å². The van der Waals surface area contributed by atoms with E-state index in [1.807, 2.05) is 0 Å². The Hall–Kier alpha value is -2.07. The number of fused-ring (bicyclic) bond motifs is 1. The molecule has 25 heavy (non-hydrogen) atoms. The molecule has 0 aromatic heterocycles. The maximum atomic E-state index is 12.4. The zero-order valence-corrected chi connectivity index (χ0v) is 14.0. The second-order valence-corrected chi connectivity index (χ2v) is 6.25. The minimum absolute atomic E-state index is 0.106. The van der Waals surface area contributed by atoms with Gasteiger partial charge in [0.1, 0.15) is 12.2 Å². The van der Waals surface area contributed by atoms with Crippen molar-refractivity contribution in [2.24, 2.45) is 0 Å². The molecule has 2 fully saturated rings. The number of hydrogen-bond acceptors (Lipinski definition) is 8. The first-order chi connectivity index (χ1) is 11.8. The van der Waals surface area contributed by atoms with Gasteiger partial charge in [0.05, 0.1) is 17.1 Å². The number of methoxy groups -OCH3 is 1.